The molecule has 1 heterocycles. The Morgan fingerprint density at radius 2 is 2.14 bits per heavy atom. The van der Waals surface area contributed by atoms with Gasteiger partial charge in [-0.15, -0.1) is 0 Å². The van der Waals surface area contributed by atoms with Crippen molar-refractivity contribution in [2.24, 2.45) is 0 Å². The van der Waals surface area contributed by atoms with Gasteiger partial charge in [0.25, 0.3) is 0 Å². The van der Waals surface area contributed by atoms with E-state index in [-0.39, 0.29) is 5.91 Å². The first kappa shape index (κ1) is 9.71. The molecule has 1 amide bonds. The molecular weight excluding hydrogens is 242 g/mol. The molecule has 2 nitrogen and oxygen atoms in total. The highest BCUT2D eigenvalue weighted by Crippen LogP contribution is 2.28. The van der Waals surface area contributed by atoms with Gasteiger partial charge < -0.3 is 4.90 Å². The van der Waals surface area contributed by atoms with Crippen LogP contribution in [0.4, 0.5) is 5.69 Å². The summed E-state index contributed by atoms with van der Waals surface area (Å²) in [6.45, 7) is 0. The molecule has 1 aromatic rings. The summed E-state index contributed by atoms with van der Waals surface area (Å²) in [5.74, 6) is 0.210. The van der Waals surface area contributed by atoms with Crippen LogP contribution in [0.1, 0.15) is 18.4 Å². The number of anilines is 1. The highest BCUT2D eigenvalue weighted by Gasteiger charge is 2.18. The van der Waals surface area contributed by atoms with Crippen LogP contribution in [0.15, 0.2) is 22.7 Å². The predicted molar refractivity (Wildman–Crippen MR) is 60.5 cm³/mol. The maximum absolute atomic E-state index is 11.6. The average molecular weight is 254 g/mol. The molecule has 0 spiro atoms. The molecule has 0 aromatic heterocycles. The van der Waals surface area contributed by atoms with E-state index in [1.165, 1.54) is 5.56 Å². The highest BCUT2D eigenvalue weighted by atomic mass is 79.9. The molecule has 1 aliphatic rings. The Morgan fingerprint density at radius 3 is 2.93 bits per heavy atom. The van der Waals surface area contributed by atoms with Gasteiger partial charge >= 0.3 is 0 Å². The summed E-state index contributed by atoms with van der Waals surface area (Å²) in [5, 5.41) is 0. The maximum atomic E-state index is 11.6. The lowest BCUT2D eigenvalue weighted by Crippen LogP contribution is -2.24. The van der Waals surface area contributed by atoms with Crippen molar-refractivity contribution in [1.82, 2.24) is 0 Å². The molecule has 3 heteroatoms. The van der Waals surface area contributed by atoms with Crippen molar-refractivity contribution < 1.29 is 4.79 Å². The number of carbonyl (C=O) groups excluding carboxylic acids is 1. The SMILES string of the molecule is CN1C(=O)CCCc2ccc(Br)cc21. The van der Waals surface area contributed by atoms with Crippen LogP contribution in [-0.4, -0.2) is 13.0 Å². The molecule has 2 rings (SSSR count). The van der Waals surface area contributed by atoms with E-state index in [0.29, 0.717) is 6.42 Å². The number of amides is 1. The van der Waals surface area contributed by atoms with E-state index in [9.17, 15) is 4.79 Å². The number of halogens is 1. The first-order valence-corrected chi connectivity index (χ1v) is 5.53. The minimum atomic E-state index is 0.210. The van der Waals surface area contributed by atoms with E-state index in [0.717, 1.165) is 23.0 Å². The van der Waals surface area contributed by atoms with Crippen LogP contribution in [0, 0.1) is 0 Å². The molecule has 0 unspecified atom stereocenters. The first-order valence-electron chi connectivity index (χ1n) is 4.73. The molecule has 1 aliphatic heterocycles. The Morgan fingerprint density at radius 1 is 1.36 bits per heavy atom. The fraction of sp³-hybridized carbons (Fsp3) is 0.364. The molecule has 0 fully saturated rings. The van der Waals surface area contributed by atoms with E-state index in [1.807, 2.05) is 19.2 Å². The van der Waals surface area contributed by atoms with Crippen molar-refractivity contribution in [3.63, 3.8) is 0 Å². The summed E-state index contributed by atoms with van der Waals surface area (Å²) in [4.78, 5) is 13.4. The molecular formula is C11H12BrNO. The van der Waals surface area contributed by atoms with Crippen LogP contribution in [0.25, 0.3) is 0 Å². The van der Waals surface area contributed by atoms with Crippen LogP contribution < -0.4 is 4.90 Å². The molecule has 0 saturated heterocycles. The number of aryl methyl sites for hydroxylation is 1. The topological polar surface area (TPSA) is 20.3 Å². The normalized spacial score (nSPS) is 16.4. The molecule has 0 atom stereocenters. The van der Waals surface area contributed by atoms with Gasteiger partial charge in [0, 0.05) is 23.6 Å². The molecule has 0 saturated carbocycles. The predicted octanol–water partition coefficient (Wildman–Crippen LogP) is 2.75. The Balaban J connectivity index is 2.49. The summed E-state index contributed by atoms with van der Waals surface area (Å²) in [6, 6.07) is 6.13. The Kier molecular flexibility index (Phi) is 2.59. The number of nitrogens with zero attached hydrogens (tertiary/aromatic N) is 1. The third kappa shape index (κ3) is 1.69. The second-order valence-electron chi connectivity index (χ2n) is 3.58. The summed E-state index contributed by atoms with van der Waals surface area (Å²) >= 11 is 3.43. The van der Waals surface area contributed by atoms with E-state index < -0.39 is 0 Å². The van der Waals surface area contributed by atoms with Crippen LogP contribution in [0.5, 0.6) is 0 Å². The van der Waals surface area contributed by atoms with Gasteiger partial charge in [-0.25, -0.2) is 0 Å². The minimum absolute atomic E-state index is 0.210. The number of carbonyl (C=O) groups is 1. The Bertz CT molecular complexity index is 376. The molecule has 0 radical (unpaired) electrons. The zero-order valence-electron chi connectivity index (χ0n) is 8.09. The molecule has 1 aromatic carbocycles. The lowest BCUT2D eigenvalue weighted by molar-refractivity contribution is -0.118. The third-order valence-electron chi connectivity index (χ3n) is 2.62. The van der Waals surface area contributed by atoms with Gasteiger partial charge in [-0.3, -0.25) is 4.79 Å². The third-order valence-corrected chi connectivity index (χ3v) is 3.11. The highest BCUT2D eigenvalue weighted by molar-refractivity contribution is 9.10. The smallest absolute Gasteiger partial charge is 0.226 e. The second-order valence-corrected chi connectivity index (χ2v) is 4.50. The Labute approximate surface area is 92.0 Å². The van der Waals surface area contributed by atoms with Crippen LogP contribution in [0.2, 0.25) is 0 Å². The fourth-order valence-corrected chi connectivity index (χ4v) is 2.14. The first-order chi connectivity index (χ1) is 6.68. The lowest BCUT2D eigenvalue weighted by atomic mass is 10.1. The van der Waals surface area contributed by atoms with Crippen LogP contribution in [0.3, 0.4) is 0 Å². The quantitative estimate of drug-likeness (QED) is 0.697. The van der Waals surface area contributed by atoms with Crippen molar-refractivity contribution in [2.75, 3.05) is 11.9 Å². The van der Waals surface area contributed by atoms with Crippen molar-refractivity contribution in [1.29, 1.82) is 0 Å². The molecule has 0 bridgehead atoms. The standard InChI is InChI=1S/C11H12BrNO/c1-13-10-7-9(12)6-5-8(10)3-2-4-11(13)14/h5-7H,2-4H2,1H3. The van der Waals surface area contributed by atoms with Gasteiger partial charge in [0.15, 0.2) is 0 Å². The van der Waals surface area contributed by atoms with Crippen molar-refractivity contribution >= 4 is 27.5 Å². The zero-order chi connectivity index (χ0) is 10.1. The minimum Gasteiger partial charge on any atom is -0.315 e. The fourth-order valence-electron chi connectivity index (χ4n) is 1.79. The second kappa shape index (κ2) is 3.73. The summed E-state index contributed by atoms with van der Waals surface area (Å²) in [7, 11) is 1.85. The van der Waals surface area contributed by atoms with Crippen molar-refractivity contribution in [3.8, 4) is 0 Å². The number of rotatable bonds is 0. The maximum Gasteiger partial charge on any atom is 0.226 e. The van der Waals surface area contributed by atoms with E-state index in [1.54, 1.807) is 4.90 Å². The number of hydrogen-bond acceptors (Lipinski definition) is 1. The summed E-state index contributed by atoms with van der Waals surface area (Å²) in [5.41, 5.74) is 2.31. The van der Waals surface area contributed by atoms with Gasteiger partial charge in [-0.1, -0.05) is 22.0 Å². The monoisotopic (exact) mass is 253 g/mol. The summed E-state index contributed by atoms with van der Waals surface area (Å²) in [6.07, 6.45) is 2.61. The number of hydrogen-bond donors (Lipinski definition) is 0. The van der Waals surface area contributed by atoms with E-state index in [2.05, 4.69) is 22.0 Å². The van der Waals surface area contributed by atoms with Gasteiger partial charge in [-0.2, -0.15) is 0 Å². The van der Waals surface area contributed by atoms with Gasteiger partial charge in [0.05, 0.1) is 0 Å². The number of benzene rings is 1. The van der Waals surface area contributed by atoms with Gasteiger partial charge in [0.1, 0.15) is 0 Å². The lowest BCUT2D eigenvalue weighted by Gasteiger charge is -2.17. The van der Waals surface area contributed by atoms with Crippen molar-refractivity contribution in [3.05, 3.63) is 28.2 Å². The van der Waals surface area contributed by atoms with Crippen LogP contribution in [-0.2, 0) is 11.2 Å². The molecule has 0 N–H and O–H groups in total. The Hall–Kier alpha value is -0.830. The van der Waals surface area contributed by atoms with Gasteiger partial charge in [0.2, 0.25) is 5.91 Å². The average Bonchev–Trinajstić information content (AvgIpc) is 2.30. The zero-order valence-corrected chi connectivity index (χ0v) is 9.67. The van der Waals surface area contributed by atoms with Crippen molar-refractivity contribution in [2.45, 2.75) is 19.3 Å². The van der Waals surface area contributed by atoms with Crippen LogP contribution >= 0.6 is 15.9 Å². The number of fused-ring (bicyclic) bond motifs is 1. The molecule has 14 heavy (non-hydrogen) atoms. The van der Waals surface area contributed by atoms with E-state index >= 15 is 0 Å². The summed E-state index contributed by atoms with van der Waals surface area (Å²) < 4.78 is 1.03. The largest absolute Gasteiger partial charge is 0.315 e. The molecule has 74 valence electrons. The molecule has 0 aliphatic carbocycles. The van der Waals surface area contributed by atoms with Gasteiger partial charge in [-0.05, 0) is 30.5 Å². The van der Waals surface area contributed by atoms with E-state index in [4.69, 9.17) is 0 Å².